The Bertz CT molecular complexity index is 616. The Balaban J connectivity index is 2.08. The second kappa shape index (κ2) is 6.66. The zero-order valence-electron chi connectivity index (χ0n) is 13.0. The number of carbonyl (C=O) groups excluding carboxylic acids is 1. The van der Waals surface area contributed by atoms with Crippen LogP contribution in [0.1, 0.15) is 13.8 Å². The molecule has 122 valence electrons. The molecule has 22 heavy (non-hydrogen) atoms. The molecule has 2 rings (SSSR count). The van der Waals surface area contributed by atoms with E-state index in [2.05, 4.69) is 0 Å². The zero-order chi connectivity index (χ0) is 16.3. The van der Waals surface area contributed by atoms with E-state index in [1.165, 1.54) is 19.2 Å². The molecule has 0 spiro atoms. The van der Waals surface area contributed by atoms with Gasteiger partial charge in [0.1, 0.15) is 11.5 Å². The molecular weight excluding hydrogens is 306 g/mol. The van der Waals surface area contributed by atoms with Gasteiger partial charge >= 0.3 is 0 Å². The standard InChI is InChI=1S/C15H21NO5S/c1-11-8-16(9-12(2)21-11)15(17)10-22(18,19)14-6-4-13(20-3)5-7-14/h4-7,11-12H,8-10H2,1-3H3. The normalized spacial score (nSPS) is 22.4. The average Bonchev–Trinajstić information content (AvgIpc) is 2.46. The Kier molecular flexibility index (Phi) is 5.08. The van der Waals surface area contributed by atoms with Gasteiger partial charge < -0.3 is 14.4 Å². The predicted molar refractivity (Wildman–Crippen MR) is 81.6 cm³/mol. The second-order valence-corrected chi connectivity index (χ2v) is 7.48. The lowest BCUT2D eigenvalue weighted by atomic mass is 10.2. The van der Waals surface area contributed by atoms with Gasteiger partial charge in [0.15, 0.2) is 9.84 Å². The van der Waals surface area contributed by atoms with Crippen LogP contribution in [0.25, 0.3) is 0 Å². The van der Waals surface area contributed by atoms with Gasteiger partial charge in [0.25, 0.3) is 0 Å². The van der Waals surface area contributed by atoms with Crippen molar-refractivity contribution in [2.75, 3.05) is 26.0 Å². The highest BCUT2D eigenvalue weighted by atomic mass is 32.2. The Labute approximate surface area is 130 Å². The number of methoxy groups -OCH3 is 1. The molecule has 0 aliphatic carbocycles. The Hall–Kier alpha value is -1.60. The maximum atomic E-state index is 12.3. The van der Waals surface area contributed by atoms with Gasteiger partial charge in [-0.2, -0.15) is 0 Å². The van der Waals surface area contributed by atoms with E-state index in [-0.39, 0.29) is 17.1 Å². The van der Waals surface area contributed by atoms with E-state index in [1.807, 2.05) is 13.8 Å². The van der Waals surface area contributed by atoms with Crippen molar-refractivity contribution >= 4 is 15.7 Å². The summed E-state index contributed by atoms with van der Waals surface area (Å²) in [6.07, 6.45) is -0.173. The van der Waals surface area contributed by atoms with Crippen LogP contribution >= 0.6 is 0 Å². The van der Waals surface area contributed by atoms with Crippen LogP contribution < -0.4 is 4.74 Å². The number of amides is 1. The van der Waals surface area contributed by atoms with Crippen molar-refractivity contribution in [1.29, 1.82) is 0 Å². The van der Waals surface area contributed by atoms with Crippen molar-refractivity contribution in [2.45, 2.75) is 31.0 Å². The average molecular weight is 327 g/mol. The fourth-order valence-corrected chi connectivity index (χ4v) is 3.73. The largest absolute Gasteiger partial charge is 0.497 e. The van der Waals surface area contributed by atoms with Gasteiger partial charge in [-0.15, -0.1) is 0 Å². The predicted octanol–water partition coefficient (Wildman–Crippen LogP) is 1.10. The van der Waals surface area contributed by atoms with Crippen LogP contribution in [0.15, 0.2) is 29.2 Å². The van der Waals surface area contributed by atoms with E-state index in [0.29, 0.717) is 18.8 Å². The van der Waals surface area contributed by atoms with Crippen LogP contribution in [0.4, 0.5) is 0 Å². The monoisotopic (exact) mass is 327 g/mol. The second-order valence-electron chi connectivity index (χ2n) is 5.49. The summed E-state index contributed by atoms with van der Waals surface area (Å²) in [5.74, 6) is -0.349. The number of carbonyl (C=O) groups is 1. The molecule has 1 aliphatic rings. The molecule has 0 saturated carbocycles. The van der Waals surface area contributed by atoms with Crippen LogP contribution in [0, 0.1) is 0 Å². The zero-order valence-corrected chi connectivity index (χ0v) is 13.8. The van der Waals surface area contributed by atoms with Gasteiger partial charge in [0.05, 0.1) is 24.2 Å². The minimum absolute atomic E-state index is 0.0867. The summed E-state index contributed by atoms with van der Waals surface area (Å²) in [5, 5.41) is 0. The number of nitrogens with zero attached hydrogens (tertiary/aromatic N) is 1. The van der Waals surface area contributed by atoms with Crippen molar-refractivity contribution in [3.63, 3.8) is 0 Å². The molecule has 1 heterocycles. The van der Waals surface area contributed by atoms with Crippen LogP contribution in [0.3, 0.4) is 0 Å². The summed E-state index contributed by atoms with van der Waals surface area (Å²) >= 11 is 0. The smallest absolute Gasteiger partial charge is 0.238 e. The summed E-state index contributed by atoms with van der Waals surface area (Å²) in [7, 11) is -2.15. The number of rotatable bonds is 4. The fourth-order valence-electron chi connectivity index (χ4n) is 2.50. The van der Waals surface area contributed by atoms with E-state index in [0.717, 1.165) is 0 Å². The topological polar surface area (TPSA) is 72.9 Å². The van der Waals surface area contributed by atoms with Gasteiger partial charge in [-0.1, -0.05) is 0 Å². The highest BCUT2D eigenvalue weighted by Crippen LogP contribution is 2.18. The molecule has 0 radical (unpaired) electrons. The maximum Gasteiger partial charge on any atom is 0.238 e. The molecule has 1 fully saturated rings. The van der Waals surface area contributed by atoms with Crippen LogP contribution in [-0.4, -0.2) is 57.4 Å². The van der Waals surface area contributed by atoms with E-state index in [4.69, 9.17) is 9.47 Å². The van der Waals surface area contributed by atoms with Crippen molar-refractivity contribution in [3.05, 3.63) is 24.3 Å². The quantitative estimate of drug-likeness (QED) is 0.828. The van der Waals surface area contributed by atoms with E-state index >= 15 is 0 Å². The number of ether oxygens (including phenoxy) is 2. The molecule has 2 atom stereocenters. The molecule has 1 aromatic rings. The molecule has 6 nitrogen and oxygen atoms in total. The molecular formula is C15H21NO5S. The van der Waals surface area contributed by atoms with Gasteiger partial charge in [0.2, 0.25) is 5.91 Å². The molecule has 1 amide bonds. The molecule has 1 saturated heterocycles. The van der Waals surface area contributed by atoms with Gasteiger partial charge in [-0.3, -0.25) is 4.79 Å². The van der Waals surface area contributed by atoms with Gasteiger partial charge in [-0.25, -0.2) is 8.42 Å². The number of hydrogen-bond acceptors (Lipinski definition) is 5. The summed E-state index contributed by atoms with van der Waals surface area (Å²) < 4.78 is 35.2. The summed E-state index contributed by atoms with van der Waals surface area (Å²) in [4.78, 5) is 13.9. The number of sulfone groups is 1. The lowest BCUT2D eigenvalue weighted by molar-refractivity contribution is -0.140. The fraction of sp³-hybridized carbons (Fsp3) is 0.533. The molecule has 2 unspecified atom stereocenters. The summed E-state index contributed by atoms with van der Waals surface area (Å²) in [5.41, 5.74) is 0. The third-order valence-electron chi connectivity index (χ3n) is 3.50. The minimum atomic E-state index is -3.66. The Morgan fingerprint density at radius 1 is 1.23 bits per heavy atom. The molecule has 0 aromatic heterocycles. The molecule has 7 heteroatoms. The Morgan fingerprint density at radius 2 is 1.77 bits per heavy atom. The molecule has 0 N–H and O–H groups in total. The van der Waals surface area contributed by atoms with Crippen molar-refractivity contribution in [1.82, 2.24) is 4.90 Å². The highest BCUT2D eigenvalue weighted by molar-refractivity contribution is 7.92. The van der Waals surface area contributed by atoms with E-state index in [1.54, 1.807) is 17.0 Å². The number of hydrogen-bond donors (Lipinski definition) is 0. The van der Waals surface area contributed by atoms with Crippen LogP contribution in [-0.2, 0) is 19.4 Å². The molecule has 1 aromatic carbocycles. The van der Waals surface area contributed by atoms with Crippen LogP contribution in [0.2, 0.25) is 0 Å². The third-order valence-corrected chi connectivity index (χ3v) is 5.12. The first-order valence-electron chi connectivity index (χ1n) is 7.12. The summed E-state index contributed by atoms with van der Waals surface area (Å²) in [6.45, 7) is 4.57. The number of morpholine rings is 1. The minimum Gasteiger partial charge on any atom is -0.497 e. The van der Waals surface area contributed by atoms with Crippen molar-refractivity contribution in [3.8, 4) is 5.75 Å². The molecule has 1 aliphatic heterocycles. The Morgan fingerprint density at radius 3 is 2.27 bits per heavy atom. The van der Waals surface area contributed by atoms with E-state index < -0.39 is 21.5 Å². The number of benzene rings is 1. The van der Waals surface area contributed by atoms with Gasteiger partial charge in [0, 0.05) is 13.1 Å². The first-order valence-corrected chi connectivity index (χ1v) is 8.77. The van der Waals surface area contributed by atoms with Crippen LogP contribution in [0.5, 0.6) is 5.75 Å². The molecule has 0 bridgehead atoms. The highest BCUT2D eigenvalue weighted by Gasteiger charge is 2.29. The SMILES string of the molecule is COc1ccc(S(=O)(=O)CC(=O)N2CC(C)OC(C)C2)cc1. The van der Waals surface area contributed by atoms with E-state index in [9.17, 15) is 13.2 Å². The van der Waals surface area contributed by atoms with Crippen molar-refractivity contribution in [2.24, 2.45) is 0 Å². The maximum absolute atomic E-state index is 12.3. The third kappa shape index (κ3) is 3.98. The lowest BCUT2D eigenvalue weighted by Crippen LogP contribution is -2.49. The van der Waals surface area contributed by atoms with Gasteiger partial charge in [-0.05, 0) is 38.1 Å². The summed E-state index contributed by atoms with van der Waals surface area (Å²) in [6, 6.07) is 6.03. The first-order chi connectivity index (χ1) is 10.3. The van der Waals surface area contributed by atoms with Crippen molar-refractivity contribution < 1.29 is 22.7 Å². The lowest BCUT2D eigenvalue weighted by Gasteiger charge is -2.35. The first kappa shape index (κ1) is 16.8.